The maximum absolute atomic E-state index is 14.8. The van der Waals surface area contributed by atoms with Gasteiger partial charge in [0.05, 0.1) is 0 Å². The Hall–Kier alpha value is -2.00. The van der Waals surface area contributed by atoms with E-state index in [9.17, 15) is 8.78 Å². The average Bonchev–Trinajstić information content (AvgIpc) is 3.35. The molecule has 0 unspecified atom stereocenters. The Morgan fingerprint density at radius 1 is 0.852 bits per heavy atom. The zero-order valence-corrected chi connectivity index (χ0v) is 16.4. The van der Waals surface area contributed by atoms with Crippen LogP contribution in [0.5, 0.6) is 0 Å². The van der Waals surface area contributed by atoms with Gasteiger partial charge in [-0.05, 0) is 49.4 Å². The zero-order chi connectivity index (χ0) is 18.8. The van der Waals surface area contributed by atoms with Gasteiger partial charge in [0.1, 0.15) is 0 Å². The molecule has 27 heavy (non-hydrogen) atoms. The molecule has 1 aliphatic rings. The summed E-state index contributed by atoms with van der Waals surface area (Å²) in [4.78, 5) is 2.07. The molecule has 3 aromatic rings. The first kappa shape index (κ1) is 18.4. The van der Waals surface area contributed by atoms with E-state index in [-0.39, 0.29) is 0 Å². The highest BCUT2D eigenvalue weighted by atomic mass is 32.1. The number of benzene rings is 2. The van der Waals surface area contributed by atoms with Crippen molar-refractivity contribution in [1.82, 2.24) is 0 Å². The highest BCUT2D eigenvalue weighted by molar-refractivity contribution is 7.15. The molecule has 1 fully saturated rings. The molecule has 0 aliphatic heterocycles. The van der Waals surface area contributed by atoms with E-state index in [1.54, 1.807) is 23.5 Å². The van der Waals surface area contributed by atoms with Crippen LogP contribution in [-0.2, 0) is 6.42 Å². The molecule has 0 radical (unpaired) electrons. The van der Waals surface area contributed by atoms with E-state index in [0.717, 1.165) is 22.8 Å². The van der Waals surface area contributed by atoms with Gasteiger partial charge in [-0.25, -0.2) is 8.78 Å². The minimum atomic E-state index is -0.766. The molecule has 1 saturated carbocycles. The Bertz CT molecular complexity index is 918. The van der Waals surface area contributed by atoms with Crippen molar-refractivity contribution >= 4 is 11.3 Å². The van der Waals surface area contributed by atoms with Crippen molar-refractivity contribution in [2.75, 3.05) is 0 Å². The van der Waals surface area contributed by atoms with Crippen LogP contribution in [0.1, 0.15) is 42.5 Å². The predicted octanol–water partition coefficient (Wildman–Crippen LogP) is 7.79. The summed E-state index contributed by atoms with van der Waals surface area (Å²) in [5, 5.41) is 0. The van der Waals surface area contributed by atoms with Crippen molar-refractivity contribution in [2.24, 2.45) is 5.92 Å². The SMILES string of the molecule is Cc1ccc(-c2ccc(-c3ccc(CCC4CCCC4)s3)c(F)c2F)cc1. The lowest BCUT2D eigenvalue weighted by Crippen LogP contribution is -1.94. The molecule has 0 nitrogen and oxygen atoms in total. The molecule has 3 heteroatoms. The Morgan fingerprint density at radius 2 is 1.52 bits per heavy atom. The summed E-state index contributed by atoms with van der Waals surface area (Å²) in [6.07, 6.45) is 7.66. The van der Waals surface area contributed by atoms with Crippen molar-refractivity contribution in [3.05, 3.63) is 70.6 Å². The van der Waals surface area contributed by atoms with Crippen LogP contribution in [0.2, 0.25) is 0 Å². The topological polar surface area (TPSA) is 0 Å². The molecule has 0 bridgehead atoms. The highest BCUT2D eigenvalue weighted by Gasteiger charge is 2.18. The summed E-state index contributed by atoms with van der Waals surface area (Å²) in [5.41, 5.74) is 2.47. The molecule has 0 amide bonds. The second-order valence-electron chi connectivity index (χ2n) is 7.61. The molecule has 140 valence electrons. The number of hydrogen-bond donors (Lipinski definition) is 0. The molecular weight excluding hydrogens is 358 g/mol. The van der Waals surface area contributed by atoms with Gasteiger partial charge in [-0.1, -0.05) is 61.6 Å². The van der Waals surface area contributed by atoms with Gasteiger partial charge in [-0.3, -0.25) is 0 Å². The highest BCUT2D eigenvalue weighted by Crippen LogP contribution is 2.36. The second kappa shape index (κ2) is 7.93. The third-order valence-corrected chi connectivity index (χ3v) is 6.82. The molecule has 1 aliphatic carbocycles. The minimum Gasteiger partial charge on any atom is -0.203 e. The van der Waals surface area contributed by atoms with Crippen LogP contribution in [0.4, 0.5) is 8.78 Å². The summed E-state index contributed by atoms with van der Waals surface area (Å²) < 4.78 is 29.5. The van der Waals surface area contributed by atoms with E-state index in [1.165, 1.54) is 37.0 Å². The summed E-state index contributed by atoms with van der Waals surface area (Å²) in [7, 11) is 0. The van der Waals surface area contributed by atoms with Crippen LogP contribution < -0.4 is 0 Å². The standard InChI is InChI=1S/C24H24F2S/c1-16-6-9-18(10-7-16)20-13-14-21(24(26)23(20)25)22-15-12-19(27-22)11-8-17-4-2-3-5-17/h6-7,9-10,12-15,17H,2-5,8,11H2,1H3. The third kappa shape index (κ3) is 3.98. The molecule has 0 spiro atoms. The fraction of sp³-hybridized carbons (Fsp3) is 0.333. The Morgan fingerprint density at radius 3 is 2.26 bits per heavy atom. The van der Waals surface area contributed by atoms with Crippen molar-refractivity contribution in [2.45, 2.75) is 45.4 Å². The van der Waals surface area contributed by atoms with E-state index < -0.39 is 11.6 Å². The summed E-state index contributed by atoms with van der Waals surface area (Å²) in [6.45, 7) is 1.98. The number of thiophene rings is 1. The maximum atomic E-state index is 14.8. The van der Waals surface area contributed by atoms with Gasteiger partial charge in [0.2, 0.25) is 0 Å². The van der Waals surface area contributed by atoms with Crippen molar-refractivity contribution in [3.8, 4) is 21.6 Å². The van der Waals surface area contributed by atoms with E-state index >= 15 is 0 Å². The lowest BCUT2D eigenvalue weighted by atomic mass is 10.0. The third-order valence-electron chi connectivity index (χ3n) is 5.65. The minimum absolute atomic E-state index is 0.314. The molecule has 0 saturated heterocycles. The van der Waals surface area contributed by atoms with Crippen LogP contribution in [-0.4, -0.2) is 0 Å². The molecule has 4 rings (SSSR count). The average molecular weight is 383 g/mol. The first-order chi connectivity index (χ1) is 13.1. The van der Waals surface area contributed by atoms with E-state index in [4.69, 9.17) is 0 Å². The van der Waals surface area contributed by atoms with Crippen molar-refractivity contribution in [3.63, 3.8) is 0 Å². The van der Waals surface area contributed by atoms with Crippen LogP contribution >= 0.6 is 11.3 Å². The first-order valence-corrected chi connectivity index (χ1v) is 10.6. The van der Waals surface area contributed by atoms with Gasteiger partial charge >= 0.3 is 0 Å². The number of halogens is 2. The van der Waals surface area contributed by atoms with Gasteiger partial charge in [-0.15, -0.1) is 11.3 Å². The lowest BCUT2D eigenvalue weighted by molar-refractivity contribution is 0.506. The van der Waals surface area contributed by atoms with Crippen LogP contribution in [0.15, 0.2) is 48.5 Å². The summed E-state index contributed by atoms with van der Waals surface area (Å²) in [6, 6.07) is 14.9. The molecule has 0 atom stereocenters. The first-order valence-electron chi connectivity index (χ1n) is 9.76. The van der Waals surface area contributed by atoms with E-state index in [1.807, 2.05) is 37.3 Å². The fourth-order valence-corrected chi connectivity index (χ4v) is 5.04. The Labute approximate surface area is 163 Å². The summed E-state index contributed by atoms with van der Waals surface area (Å²) in [5.74, 6) is -0.673. The van der Waals surface area contributed by atoms with Crippen molar-refractivity contribution < 1.29 is 8.78 Å². The Kier molecular flexibility index (Phi) is 5.40. The Balaban J connectivity index is 1.55. The largest absolute Gasteiger partial charge is 0.203 e. The molecule has 0 N–H and O–H groups in total. The van der Waals surface area contributed by atoms with Crippen LogP contribution in [0.25, 0.3) is 21.6 Å². The van der Waals surface area contributed by atoms with Crippen LogP contribution in [0, 0.1) is 24.5 Å². The monoisotopic (exact) mass is 382 g/mol. The van der Waals surface area contributed by atoms with Gasteiger partial charge < -0.3 is 0 Å². The summed E-state index contributed by atoms with van der Waals surface area (Å²) >= 11 is 1.59. The molecule has 1 aromatic heterocycles. The van der Waals surface area contributed by atoms with Gasteiger partial charge in [0.15, 0.2) is 11.6 Å². The number of rotatable bonds is 5. The maximum Gasteiger partial charge on any atom is 0.168 e. The van der Waals surface area contributed by atoms with Gasteiger partial charge in [0, 0.05) is 20.9 Å². The van der Waals surface area contributed by atoms with Crippen LogP contribution in [0.3, 0.4) is 0 Å². The fourth-order valence-electron chi connectivity index (χ4n) is 4.00. The lowest BCUT2D eigenvalue weighted by Gasteiger charge is -2.08. The zero-order valence-electron chi connectivity index (χ0n) is 15.6. The van der Waals surface area contributed by atoms with Crippen molar-refractivity contribution in [1.29, 1.82) is 0 Å². The normalized spacial score (nSPS) is 14.8. The quantitative estimate of drug-likeness (QED) is 0.422. The molecule has 2 aromatic carbocycles. The second-order valence-corrected chi connectivity index (χ2v) is 8.78. The van der Waals surface area contributed by atoms with E-state index in [2.05, 4.69) is 6.07 Å². The molecular formula is C24H24F2S. The number of aryl methyl sites for hydroxylation is 2. The predicted molar refractivity (Wildman–Crippen MR) is 110 cm³/mol. The van der Waals surface area contributed by atoms with E-state index in [0.29, 0.717) is 16.7 Å². The number of hydrogen-bond acceptors (Lipinski definition) is 1. The van der Waals surface area contributed by atoms with Gasteiger partial charge in [-0.2, -0.15) is 0 Å². The van der Waals surface area contributed by atoms with Gasteiger partial charge in [0.25, 0.3) is 0 Å². The smallest absolute Gasteiger partial charge is 0.168 e. The molecule has 1 heterocycles.